The van der Waals surface area contributed by atoms with Gasteiger partial charge in [0.15, 0.2) is 0 Å². The number of ether oxygens (including phenoxy) is 2. The fourth-order valence-electron chi connectivity index (χ4n) is 2.50. The second kappa shape index (κ2) is 7.46. The summed E-state index contributed by atoms with van der Waals surface area (Å²) in [6.45, 7) is 8.53. The maximum Gasteiger partial charge on any atom is 0.325 e. The molecule has 1 unspecified atom stereocenters. The van der Waals surface area contributed by atoms with E-state index in [9.17, 15) is 4.79 Å². The predicted molar refractivity (Wildman–Crippen MR) is 84.6 cm³/mol. The van der Waals surface area contributed by atoms with Gasteiger partial charge in [-0.05, 0) is 58.1 Å². The van der Waals surface area contributed by atoms with Crippen LogP contribution in [0.5, 0.6) is 5.75 Å². The topological polar surface area (TPSA) is 61.5 Å². The summed E-state index contributed by atoms with van der Waals surface area (Å²) in [6, 6.07) is 4.24. The molecule has 0 heterocycles. The molecule has 0 saturated carbocycles. The Balaban J connectivity index is 2.40. The van der Waals surface area contributed by atoms with Crippen LogP contribution in [0, 0.1) is 20.8 Å². The van der Waals surface area contributed by atoms with Crippen molar-refractivity contribution >= 4 is 5.97 Å². The summed E-state index contributed by atoms with van der Waals surface area (Å²) in [5.74, 6) is 0.595. The highest BCUT2D eigenvalue weighted by Crippen LogP contribution is 2.25. The van der Waals surface area contributed by atoms with Crippen LogP contribution < -0.4 is 10.5 Å². The molecule has 4 nitrogen and oxygen atoms in total. The van der Waals surface area contributed by atoms with Crippen molar-refractivity contribution in [3.05, 3.63) is 28.8 Å². The predicted octanol–water partition coefficient (Wildman–Crippen LogP) is 3.05. The molecule has 0 aliphatic heterocycles. The van der Waals surface area contributed by atoms with Crippen LogP contribution in [-0.4, -0.2) is 25.2 Å². The third-order valence-electron chi connectivity index (χ3n) is 3.59. The van der Waals surface area contributed by atoms with Crippen LogP contribution in [0.2, 0.25) is 0 Å². The number of methoxy groups -OCH3 is 1. The number of aryl methyl sites for hydroxylation is 3. The smallest absolute Gasteiger partial charge is 0.325 e. The first-order valence-electron chi connectivity index (χ1n) is 7.36. The number of nitrogens with two attached hydrogens (primary N) is 1. The second-order valence-electron chi connectivity index (χ2n) is 5.94. The van der Waals surface area contributed by atoms with Crippen molar-refractivity contribution in [3.8, 4) is 5.75 Å². The molecule has 0 aliphatic rings. The van der Waals surface area contributed by atoms with Gasteiger partial charge in [0, 0.05) is 0 Å². The summed E-state index contributed by atoms with van der Waals surface area (Å²) in [5.41, 5.74) is 8.56. The van der Waals surface area contributed by atoms with E-state index in [1.54, 1.807) is 6.92 Å². The number of hydrogen-bond donors (Lipinski definition) is 1. The lowest BCUT2D eigenvalue weighted by molar-refractivity contribution is -0.146. The maximum atomic E-state index is 11.5. The maximum absolute atomic E-state index is 11.5. The largest absolute Gasteiger partial charge is 0.493 e. The summed E-state index contributed by atoms with van der Waals surface area (Å²) < 4.78 is 10.6. The van der Waals surface area contributed by atoms with E-state index in [0.717, 1.165) is 29.7 Å². The SMILES string of the molecule is COC(=O)C(C)(N)CCCCOc1c(C)cc(C)cc1C. The lowest BCUT2D eigenvalue weighted by atomic mass is 9.96. The van der Waals surface area contributed by atoms with Crippen molar-refractivity contribution in [2.24, 2.45) is 5.73 Å². The van der Waals surface area contributed by atoms with E-state index in [1.165, 1.54) is 12.7 Å². The summed E-state index contributed by atoms with van der Waals surface area (Å²) >= 11 is 0. The molecule has 0 saturated heterocycles. The van der Waals surface area contributed by atoms with Crippen molar-refractivity contribution in [2.75, 3.05) is 13.7 Å². The van der Waals surface area contributed by atoms with Gasteiger partial charge in [-0.1, -0.05) is 17.7 Å². The lowest BCUT2D eigenvalue weighted by Gasteiger charge is -2.21. The van der Waals surface area contributed by atoms with E-state index in [1.807, 2.05) is 0 Å². The Labute approximate surface area is 127 Å². The van der Waals surface area contributed by atoms with Gasteiger partial charge in [-0.25, -0.2) is 0 Å². The molecule has 1 aromatic carbocycles. The van der Waals surface area contributed by atoms with Crippen LogP contribution in [0.15, 0.2) is 12.1 Å². The zero-order chi connectivity index (χ0) is 16.0. The second-order valence-corrected chi connectivity index (χ2v) is 5.94. The molecule has 21 heavy (non-hydrogen) atoms. The quantitative estimate of drug-likeness (QED) is 0.620. The minimum atomic E-state index is -0.912. The van der Waals surface area contributed by atoms with Gasteiger partial charge >= 0.3 is 5.97 Å². The molecular weight excluding hydrogens is 266 g/mol. The third-order valence-corrected chi connectivity index (χ3v) is 3.59. The van der Waals surface area contributed by atoms with Crippen LogP contribution in [0.4, 0.5) is 0 Å². The number of benzene rings is 1. The van der Waals surface area contributed by atoms with Gasteiger partial charge in [-0.3, -0.25) is 4.79 Å². The van der Waals surface area contributed by atoms with Gasteiger partial charge in [0.05, 0.1) is 13.7 Å². The fourth-order valence-corrected chi connectivity index (χ4v) is 2.50. The van der Waals surface area contributed by atoms with E-state index in [2.05, 4.69) is 37.6 Å². The van der Waals surface area contributed by atoms with E-state index in [-0.39, 0.29) is 5.97 Å². The number of carbonyl (C=O) groups is 1. The van der Waals surface area contributed by atoms with Gasteiger partial charge in [0.1, 0.15) is 11.3 Å². The summed E-state index contributed by atoms with van der Waals surface area (Å²) in [7, 11) is 1.36. The molecular formula is C17H27NO3. The minimum absolute atomic E-state index is 0.367. The number of unbranched alkanes of at least 4 members (excludes halogenated alkanes) is 1. The summed E-state index contributed by atoms with van der Waals surface area (Å²) in [4.78, 5) is 11.5. The fraction of sp³-hybridized carbons (Fsp3) is 0.588. The average Bonchev–Trinajstić information content (AvgIpc) is 2.39. The Hall–Kier alpha value is -1.55. The third kappa shape index (κ3) is 5.05. The Kier molecular flexibility index (Phi) is 6.21. The zero-order valence-corrected chi connectivity index (χ0v) is 13.8. The van der Waals surface area contributed by atoms with Crippen molar-refractivity contribution < 1.29 is 14.3 Å². The summed E-state index contributed by atoms with van der Waals surface area (Å²) in [6.07, 6.45) is 2.28. The highest BCUT2D eigenvalue weighted by atomic mass is 16.5. The molecule has 0 fully saturated rings. The van der Waals surface area contributed by atoms with E-state index >= 15 is 0 Å². The monoisotopic (exact) mass is 293 g/mol. The molecule has 1 rings (SSSR count). The highest BCUT2D eigenvalue weighted by Gasteiger charge is 2.28. The first-order valence-corrected chi connectivity index (χ1v) is 7.36. The van der Waals surface area contributed by atoms with Crippen LogP contribution in [0.25, 0.3) is 0 Å². The lowest BCUT2D eigenvalue weighted by Crippen LogP contribution is -2.45. The normalized spacial score (nSPS) is 13.6. The zero-order valence-electron chi connectivity index (χ0n) is 13.8. The van der Waals surface area contributed by atoms with Gasteiger partial charge in [-0.15, -0.1) is 0 Å². The number of carbonyl (C=O) groups excluding carboxylic acids is 1. The molecule has 0 bridgehead atoms. The Morgan fingerprint density at radius 2 is 1.76 bits per heavy atom. The van der Waals surface area contributed by atoms with Gasteiger partial charge in [0.2, 0.25) is 0 Å². The highest BCUT2D eigenvalue weighted by molar-refractivity contribution is 5.79. The minimum Gasteiger partial charge on any atom is -0.493 e. The number of rotatable bonds is 7. The van der Waals surface area contributed by atoms with Gasteiger partial charge in [0.25, 0.3) is 0 Å². The van der Waals surface area contributed by atoms with Crippen LogP contribution >= 0.6 is 0 Å². The molecule has 0 spiro atoms. The van der Waals surface area contributed by atoms with Gasteiger partial charge in [-0.2, -0.15) is 0 Å². The van der Waals surface area contributed by atoms with Crippen LogP contribution in [-0.2, 0) is 9.53 Å². The first-order chi connectivity index (χ1) is 9.77. The molecule has 1 atom stereocenters. The van der Waals surface area contributed by atoms with Crippen LogP contribution in [0.1, 0.15) is 42.9 Å². The first kappa shape index (κ1) is 17.5. The molecule has 0 amide bonds. The molecule has 118 valence electrons. The summed E-state index contributed by atoms with van der Waals surface area (Å²) in [5, 5.41) is 0. The Bertz CT molecular complexity index is 472. The molecule has 2 N–H and O–H groups in total. The molecule has 1 aromatic rings. The standard InChI is InChI=1S/C17H27NO3/c1-12-10-13(2)15(14(3)11-12)21-9-7-6-8-17(4,18)16(19)20-5/h10-11H,6-9,18H2,1-5H3. The molecule has 0 aromatic heterocycles. The number of hydrogen-bond acceptors (Lipinski definition) is 4. The van der Waals surface area contributed by atoms with E-state index in [0.29, 0.717) is 13.0 Å². The Morgan fingerprint density at radius 1 is 1.19 bits per heavy atom. The molecule has 0 aliphatic carbocycles. The van der Waals surface area contributed by atoms with Gasteiger partial charge < -0.3 is 15.2 Å². The van der Waals surface area contributed by atoms with Crippen molar-refractivity contribution in [2.45, 2.75) is 52.5 Å². The molecule has 0 radical (unpaired) electrons. The van der Waals surface area contributed by atoms with E-state index in [4.69, 9.17) is 10.5 Å². The number of esters is 1. The van der Waals surface area contributed by atoms with E-state index < -0.39 is 5.54 Å². The van der Waals surface area contributed by atoms with Crippen molar-refractivity contribution in [3.63, 3.8) is 0 Å². The average molecular weight is 293 g/mol. The Morgan fingerprint density at radius 3 is 2.29 bits per heavy atom. The van der Waals surface area contributed by atoms with Crippen molar-refractivity contribution in [1.82, 2.24) is 0 Å². The van der Waals surface area contributed by atoms with Crippen molar-refractivity contribution in [1.29, 1.82) is 0 Å². The van der Waals surface area contributed by atoms with Crippen LogP contribution in [0.3, 0.4) is 0 Å². The molecule has 4 heteroatoms.